The van der Waals surface area contributed by atoms with E-state index in [1.54, 1.807) is 0 Å². The molecule has 2 rings (SSSR count). The first-order chi connectivity index (χ1) is 5.27. The highest BCUT2D eigenvalue weighted by molar-refractivity contribution is 5.60. The summed E-state index contributed by atoms with van der Waals surface area (Å²) in [6, 6.07) is 0. The predicted molar refractivity (Wildman–Crippen MR) is 44.2 cm³/mol. The number of carbonyl (C=O) groups is 1. The normalized spacial score (nSPS) is 49.2. The molecule has 0 radical (unpaired) electrons. The zero-order valence-electron chi connectivity index (χ0n) is 7.18. The van der Waals surface area contributed by atoms with Crippen molar-refractivity contribution < 1.29 is 4.79 Å². The summed E-state index contributed by atoms with van der Waals surface area (Å²) in [6.45, 7) is 2.32. The summed E-state index contributed by atoms with van der Waals surface area (Å²) >= 11 is 0. The summed E-state index contributed by atoms with van der Waals surface area (Å²) < 4.78 is 0. The fourth-order valence-electron chi connectivity index (χ4n) is 2.48. The van der Waals surface area contributed by atoms with Crippen LogP contribution in [0.2, 0.25) is 0 Å². The van der Waals surface area contributed by atoms with Crippen molar-refractivity contribution in [3.63, 3.8) is 0 Å². The van der Waals surface area contributed by atoms with Gasteiger partial charge in [0.1, 0.15) is 6.29 Å². The molecule has 2 aliphatic carbocycles. The highest BCUT2D eigenvalue weighted by Gasteiger charge is 2.54. The Balaban J connectivity index is 1.94. The molecule has 0 saturated heterocycles. The zero-order chi connectivity index (χ0) is 7.90. The third-order valence-electron chi connectivity index (χ3n) is 3.69. The molecule has 2 aliphatic rings. The fraction of sp³-hybridized carbons (Fsp3) is 0.900. The molecule has 1 heteroatoms. The van der Waals surface area contributed by atoms with Crippen LogP contribution in [0.15, 0.2) is 0 Å². The van der Waals surface area contributed by atoms with Gasteiger partial charge in [0.25, 0.3) is 0 Å². The highest BCUT2D eigenvalue weighted by atomic mass is 16.1. The largest absolute Gasteiger partial charge is 0.303 e. The number of hydrogen-bond donors (Lipinski definition) is 0. The van der Waals surface area contributed by atoms with Gasteiger partial charge in [0.2, 0.25) is 0 Å². The van der Waals surface area contributed by atoms with E-state index in [-0.39, 0.29) is 0 Å². The summed E-state index contributed by atoms with van der Waals surface area (Å²) in [7, 11) is 0. The monoisotopic (exact) mass is 152 g/mol. The van der Waals surface area contributed by atoms with E-state index in [1.165, 1.54) is 38.4 Å². The van der Waals surface area contributed by atoms with Crippen molar-refractivity contribution in [2.24, 2.45) is 17.3 Å². The minimum absolute atomic E-state index is 0.440. The Kier molecular flexibility index (Phi) is 1.55. The van der Waals surface area contributed by atoms with Crippen LogP contribution in [0.3, 0.4) is 0 Å². The van der Waals surface area contributed by atoms with Crippen LogP contribution in [0.5, 0.6) is 0 Å². The highest BCUT2D eigenvalue weighted by Crippen LogP contribution is 2.60. The van der Waals surface area contributed by atoms with Crippen molar-refractivity contribution in [3.05, 3.63) is 0 Å². The van der Waals surface area contributed by atoms with E-state index >= 15 is 0 Å². The minimum Gasteiger partial charge on any atom is -0.303 e. The molecule has 0 amide bonds. The number of hydrogen-bond acceptors (Lipinski definition) is 1. The van der Waals surface area contributed by atoms with Gasteiger partial charge >= 0.3 is 0 Å². The minimum atomic E-state index is 0.440. The van der Waals surface area contributed by atoms with Crippen LogP contribution in [0.4, 0.5) is 0 Å². The lowest BCUT2D eigenvalue weighted by molar-refractivity contribution is -0.109. The molecule has 0 N–H and O–H groups in total. The molecule has 0 bridgehead atoms. The Morgan fingerprint density at radius 1 is 1.36 bits per heavy atom. The molecular weight excluding hydrogens is 136 g/mol. The van der Waals surface area contributed by atoms with Crippen molar-refractivity contribution in [1.82, 2.24) is 0 Å². The van der Waals surface area contributed by atoms with Gasteiger partial charge in [-0.3, -0.25) is 0 Å². The van der Waals surface area contributed by atoms with Gasteiger partial charge in [0.15, 0.2) is 0 Å². The van der Waals surface area contributed by atoms with Gasteiger partial charge < -0.3 is 4.79 Å². The second-order valence-electron chi connectivity index (χ2n) is 4.49. The lowest BCUT2D eigenvalue weighted by atomic mass is 9.79. The lowest BCUT2D eigenvalue weighted by Crippen LogP contribution is -2.15. The predicted octanol–water partition coefficient (Wildman–Crippen LogP) is 2.40. The molecule has 1 spiro atoms. The Hall–Kier alpha value is -0.330. The van der Waals surface area contributed by atoms with Crippen LogP contribution in [-0.4, -0.2) is 6.29 Å². The van der Waals surface area contributed by atoms with Gasteiger partial charge in [0, 0.05) is 5.92 Å². The first-order valence-corrected chi connectivity index (χ1v) is 4.72. The lowest BCUT2D eigenvalue weighted by Gasteiger charge is -2.26. The van der Waals surface area contributed by atoms with Gasteiger partial charge in [-0.2, -0.15) is 0 Å². The van der Waals surface area contributed by atoms with E-state index in [2.05, 4.69) is 6.92 Å². The van der Waals surface area contributed by atoms with E-state index in [1.807, 2.05) is 0 Å². The molecule has 1 unspecified atom stereocenters. The average Bonchev–Trinajstić information content (AvgIpc) is 2.71. The molecule has 0 aromatic heterocycles. The molecule has 11 heavy (non-hydrogen) atoms. The van der Waals surface area contributed by atoms with Crippen molar-refractivity contribution in [2.75, 3.05) is 0 Å². The number of carbonyl (C=O) groups excluding carboxylic acids is 1. The van der Waals surface area contributed by atoms with Crippen molar-refractivity contribution in [2.45, 2.75) is 39.0 Å². The maximum Gasteiger partial charge on any atom is 0.123 e. The molecule has 62 valence electrons. The molecule has 0 aliphatic heterocycles. The maximum absolute atomic E-state index is 10.5. The van der Waals surface area contributed by atoms with Crippen LogP contribution in [0, 0.1) is 17.3 Å². The van der Waals surface area contributed by atoms with Crippen molar-refractivity contribution in [3.8, 4) is 0 Å². The Labute approximate surface area is 68.2 Å². The zero-order valence-corrected chi connectivity index (χ0v) is 7.18. The third-order valence-corrected chi connectivity index (χ3v) is 3.69. The first-order valence-electron chi connectivity index (χ1n) is 4.72. The molecule has 0 heterocycles. The van der Waals surface area contributed by atoms with Gasteiger partial charge in [-0.1, -0.05) is 19.8 Å². The molecule has 1 nitrogen and oxygen atoms in total. The van der Waals surface area contributed by atoms with Crippen LogP contribution >= 0.6 is 0 Å². The maximum atomic E-state index is 10.5. The van der Waals surface area contributed by atoms with Crippen molar-refractivity contribution >= 4 is 6.29 Å². The van der Waals surface area contributed by atoms with Gasteiger partial charge in [-0.25, -0.2) is 0 Å². The first kappa shape index (κ1) is 7.33. The topological polar surface area (TPSA) is 17.1 Å². The Bertz CT molecular complexity index is 166. The molecule has 1 atom stereocenters. The molecule has 2 saturated carbocycles. The molecule has 0 aromatic carbocycles. The third kappa shape index (κ3) is 1.11. The van der Waals surface area contributed by atoms with Gasteiger partial charge in [-0.05, 0) is 30.6 Å². The second kappa shape index (κ2) is 2.33. The van der Waals surface area contributed by atoms with Crippen molar-refractivity contribution in [1.29, 1.82) is 0 Å². The van der Waals surface area contributed by atoms with E-state index in [0.717, 1.165) is 5.92 Å². The number of rotatable bonds is 1. The van der Waals surface area contributed by atoms with Gasteiger partial charge in [-0.15, -0.1) is 0 Å². The van der Waals surface area contributed by atoms with E-state index in [4.69, 9.17) is 0 Å². The van der Waals surface area contributed by atoms with Crippen LogP contribution in [0.1, 0.15) is 39.0 Å². The summed E-state index contributed by atoms with van der Waals surface area (Å²) in [5.74, 6) is 1.35. The smallest absolute Gasteiger partial charge is 0.123 e. The van der Waals surface area contributed by atoms with E-state index < -0.39 is 0 Å². The number of aldehydes is 1. The van der Waals surface area contributed by atoms with Gasteiger partial charge in [0.05, 0.1) is 0 Å². The fourth-order valence-corrected chi connectivity index (χ4v) is 2.48. The molecule has 2 fully saturated rings. The van der Waals surface area contributed by atoms with E-state index in [0.29, 0.717) is 11.3 Å². The summed E-state index contributed by atoms with van der Waals surface area (Å²) in [5, 5.41) is 0. The average molecular weight is 152 g/mol. The standard InChI is InChI=1S/C10H16O/c1-8-2-4-10(5-3-8)6-9(10)7-11/h7-9H,2-6H2,1H3. The quantitative estimate of drug-likeness (QED) is 0.527. The summed E-state index contributed by atoms with van der Waals surface area (Å²) in [6.07, 6.45) is 7.71. The van der Waals surface area contributed by atoms with Crippen LogP contribution in [0.25, 0.3) is 0 Å². The van der Waals surface area contributed by atoms with E-state index in [9.17, 15) is 4.79 Å². The Morgan fingerprint density at radius 3 is 2.45 bits per heavy atom. The van der Waals surface area contributed by atoms with Crippen LogP contribution in [-0.2, 0) is 4.79 Å². The molecule has 0 aromatic rings. The summed E-state index contributed by atoms with van der Waals surface area (Å²) in [4.78, 5) is 10.5. The molecular formula is C10H16O. The Morgan fingerprint density at radius 2 is 2.00 bits per heavy atom. The second-order valence-corrected chi connectivity index (χ2v) is 4.49. The van der Waals surface area contributed by atoms with Crippen LogP contribution < -0.4 is 0 Å². The summed E-state index contributed by atoms with van der Waals surface area (Å²) in [5.41, 5.74) is 0.508. The SMILES string of the molecule is CC1CCC2(CC1)CC2C=O.